The summed E-state index contributed by atoms with van der Waals surface area (Å²) in [6, 6.07) is 22.1. The lowest BCUT2D eigenvalue weighted by atomic mass is 9.94. The third kappa shape index (κ3) is 2.79. The topological polar surface area (TPSA) is 44.1 Å². The molecule has 5 aromatic rings. The van der Waals surface area contributed by atoms with Crippen molar-refractivity contribution in [3.05, 3.63) is 83.6 Å². The number of hydrogen-bond acceptors (Lipinski definition) is 3. The number of furan rings is 1. The van der Waals surface area contributed by atoms with Gasteiger partial charge in [0.1, 0.15) is 18.2 Å². The van der Waals surface area contributed by atoms with Crippen LogP contribution in [0, 0.1) is 18.3 Å². The molecule has 0 spiro atoms. The summed E-state index contributed by atoms with van der Waals surface area (Å²) in [6.07, 6.45) is 0.563. The molecule has 0 amide bonds. The van der Waals surface area contributed by atoms with Gasteiger partial charge < -0.3 is 9.32 Å². The van der Waals surface area contributed by atoms with Crippen LogP contribution in [0.5, 0.6) is 0 Å². The monoisotopic (exact) mass is 432 g/mol. The van der Waals surface area contributed by atoms with Crippen LogP contribution in [-0.2, 0) is 13.4 Å². The van der Waals surface area contributed by atoms with Crippen molar-refractivity contribution in [1.29, 1.82) is 5.26 Å². The van der Waals surface area contributed by atoms with Crippen LogP contribution in [0.4, 0.5) is 5.69 Å². The first-order chi connectivity index (χ1) is 16.8. The van der Waals surface area contributed by atoms with Crippen LogP contribution in [0.3, 0.4) is 0 Å². The SMILES string of the molecule is [2H]C1([2H])CN(C)c2c(-c3c(C#N)ccc4c3oc3c(-c5cccc[n+]5C)c(C)ccc34)cccc21. The summed E-state index contributed by atoms with van der Waals surface area (Å²) >= 11 is 0. The maximum atomic E-state index is 10.1. The van der Waals surface area contributed by atoms with Crippen molar-refractivity contribution in [3.63, 3.8) is 0 Å². The fourth-order valence-electron chi connectivity index (χ4n) is 5.05. The predicted molar refractivity (Wildman–Crippen MR) is 132 cm³/mol. The highest BCUT2D eigenvalue weighted by atomic mass is 16.3. The minimum Gasteiger partial charge on any atom is -0.454 e. The number of rotatable bonds is 2. The Kier molecular flexibility index (Phi) is 3.82. The van der Waals surface area contributed by atoms with Crippen molar-refractivity contribution in [2.24, 2.45) is 7.05 Å². The Hall–Kier alpha value is -4.10. The standard InChI is InChI=1S/C29H24N3O/c1-18-10-12-21-22-13-11-20(17-30)26(23-8-6-7-19-14-16-32(3)27(19)23)29(22)33-28(21)25(18)24-9-4-5-15-31(24)2/h4-13,15H,14,16H2,1-3H3/q+1/i14D2. The fraction of sp³-hybridized carbons (Fsp3) is 0.172. The molecule has 0 atom stereocenters. The van der Waals surface area contributed by atoms with Crippen LogP contribution < -0.4 is 9.47 Å². The fourth-order valence-corrected chi connectivity index (χ4v) is 5.05. The highest BCUT2D eigenvalue weighted by molar-refractivity contribution is 6.14. The minimum atomic E-state index is -1.46. The van der Waals surface area contributed by atoms with Gasteiger partial charge in [0.15, 0.2) is 6.20 Å². The molecular formula is C29H24N3O+. The van der Waals surface area contributed by atoms with Gasteiger partial charge in [-0.05, 0) is 42.6 Å². The smallest absolute Gasteiger partial charge is 0.216 e. The van der Waals surface area contributed by atoms with Crippen LogP contribution in [0.15, 0.2) is 71.3 Å². The van der Waals surface area contributed by atoms with E-state index in [1.807, 2.05) is 67.7 Å². The molecule has 0 saturated heterocycles. The number of aryl methyl sites for hydroxylation is 2. The summed E-state index contributed by atoms with van der Waals surface area (Å²) in [6.45, 7) is 2.35. The van der Waals surface area contributed by atoms with Crippen molar-refractivity contribution < 1.29 is 11.7 Å². The molecule has 4 nitrogen and oxygen atoms in total. The molecular weight excluding hydrogens is 406 g/mol. The van der Waals surface area contributed by atoms with Crippen molar-refractivity contribution >= 4 is 27.6 Å². The molecule has 0 N–H and O–H groups in total. The van der Waals surface area contributed by atoms with Gasteiger partial charge in [-0.15, -0.1) is 0 Å². The van der Waals surface area contributed by atoms with Crippen molar-refractivity contribution in [2.75, 3.05) is 18.5 Å². The van der Waals surface area contributed by atoms with E-state index in [9.17, 15) is 5.26 Å². The lowest BCUT2D eigenvalue weighted by Gasteiger charge is -2.18. The Morgan fingerprint density at radius 1 is 1.00 bits per heavy atom. The van der Waals surface area contributed by atoms with E-state index in [0.29, 0.717) is 22.3 Å². The number of pyridine rings is 1. The molecule has 0 unspecified atom stereocenters. The van der Waals surface area contributed by atoms with Gasteiger partial charge in [-0.2, -0.15) is 5.26 Å². The summed E-state index contributed by atoms with van der Waals surface area (Å²) < 4.78 is 25.8. The maximum Gasteiger partial charge on any atom is 0.216 e. The van der Waals surface area contributed by atoms with Gasteiger partial charge in [-0.1, -0.05) is 30.3 Å². The van der Waals surface area contributed by atoms with E-state index < -0.39 is 6.37 Å². The Balaban J connectivity index is 1.74. The van der Waals surface area contributed by atoms with Crippen LogP contribution >= 0.6 is 0 Å². The van der Waals surface area contributed by atoms with Gasteiger partial charge >= 0.3 is 0 Å². The first-order valence-electron chi connectivity index (χ1n) is 12.0. The highest BCUT2D eigenvalue weighted by Gasteiger charge is 2.26. The Labute approximate surface area is 195 Å². The van der Waals surface area contributed by atoms with E-state index in [1.54, 1.807) is 0 Å². The zero-order valence-corrected chi connectivity index (χ0v) is 18.8. The first kappa shape index (κ1) is 17.5. The lowest BCUT2D eigenvalue weighted by molar-refractivity contribution is -0.660. The zero-order valence-electron chi connectivity index (χ0n) is 20.8. The summed E-state index contributed by atoms with van der Waals surface area (Å²) in [5.41, 5.74) is 8.11. The normalized spacial score (nSPS) is 15.4. The average Bonchev–Trinajstić information content (AvgIpc) is 3.32. The molecule has 0 saturated carbocycles. The largest absolute Gasteiger partial charge is 0.454 e. The van der Waals surface area contributed by atoms with E-state index in [1.165, 1.54) is 0 Å². The molecule has 4 heteroatoms. The number of hydrogen-bond donors (Lipinski definition) is 0. The molecule has 33 heavy (non-hydrogen) atoms. The second-order valence-corrected chi connectivity index (χ2v) is 8.64. The van der Waals surface area contributed by atoms with Gasteiger partial charge in [-0.25, -0.2) is 4.57 Å². The summed E-state index contributed by atoms with van der Waals surface area (Å²) in [7, 11) is 3.92. The molecule has 0 radical (unpaired) electrons. The number of benzene rings is 3. The summed E-state index contributed by atoms with van der Waals surface area (Å²) in [4.78, 5) is 1.94. The molecule has 3 aromatic carbocycles. The van der Waals surface area contributed by atoms with E-state index in [2.05, 4.69) is 35.8 Å². The van der Waals surface area contributed by atoms with Crippen molar-refractivity contribution in [1.82, 2.24) is 0 Å². The van der Waals surface area contributed by atoms with Crippen LogP contribution in [0.25, 0.3) is 44.3 Å². The first-order valence-corrected chi connectivity index (χ1v) is 11.0. The molecule has 0 fully saturated rings. The average molecular weight is 433 g/mol. The molecule has 1 aliphatic rings. The van der Waals surface area contributed by atoms with Gasteiger partial charge in [0.2, 0.25) is 5.69 Å². The number of anilines is 1. The van der Waals surface area contributed by atoms with Gasteiger partial charge in [0.05, 0.1) is 17.2 Å². The van der Waals surface area contributed by atoms with E-state index in [4.69, 9.17) is 7.16 Å². The van der Waals surface area contributed by atoms with Gasteiger partial charge in [-0.3, -0.25) is 0 Å². The zero-order chi connectivity index (χ0) is 24.5. The van der Waals surface area contributed by atoms with E-state index in [0.717, 1.165) is 44.4 Å². The van der Waals surface area contributed by atoms with Crippen molar-refractivity contribution in [3.8, 4) is 28.5 Å². The number of fused-ring (bicyclic) bond motifs is 4. The lowest BCUT2D eigenvalue weighted by Crippen LogP contribution is -2.30. The Morgan fingerprint density at radius 2 is 1.79 bits per heavy atom. The molecule has 160 valence electrons. The number of likely N-dealkylation sites (N-methyl/N-ethyl adjacent to an activating group) is 1. The predicted octanol–water partition coefficient (Wildman–Crippen LogP) is 5.92. The Bertz CT molecular complexity index is 1710. The molecule has 0 bridgehead atoms. The van der Waals surface area contributed by atoms with Crippen LogP contribution in [0.2, 0.25) is 0 Å². The molecule has 1 aliphatic heterocycles. The third-order valence-electron chi connectivity index (χ3n) is 6.64. The molecule has 0 aliphatic carbocycles. The molecule has 2 aromatic heterocycles. The van der Waals surface area contributed by atoms with E-state index in [-0.39, 0.29) is 6.54 Å². The Morgan fingerprint density at radius 3 is 2.58 bits per heavy atom. The second kappa shape index (κ2) is 7.21. The molecule has 6 rings (SSSR count). The number of nitrogens with zero attached hydrogens (tertiary/aromatic N) is 3. The second-order valence-electron chi connectivity index (χ2n) is 8.64. The number of para-hydroxylation sites is 1. The van der Waals surface area contributed by atoms with Crippen molar-refractivity contribution in [2.45, 2.75) is 13.3 Å². The van der Waals surface area contributed by atoms with Gasteiger partial charge in [0.25, 0.3) is 0 Å². The maximum absolute atomic E-state index is 10.1. The summed E-state index contributed by atoms with van der Waals surface area (Å²) in [5, 5.41) is 12.0. The van der Waals surface area contributed by atoms with Crippen LogP contribution in [0.1, 0.15) is 19.4 Å². The third-order valence-corrected chi connectivity index (χ3v) is 6.64. The highest BCUT2D eigenvalue weighted by Crippen LogP contribution is 2.45. The van der Waals surface area contributed by atoms with E-state index >= 15 is 0 Å². The van der Waals surface area contributed by atoms with Gasteiger partial charge in [0, 0.05) is 56.1 Å². The summed E-state index contributed by atoms with van der Waals surface area (Å²) in [5.74, 6) is 0. The number of nitriles is 1. The minimum absolute atomic E-state index is 0.269. The number of aromatic nitrogens is 1. The quantitative estimate of drug-likeness (QED) is 0.325. The molecule has 3 heterocycles. The van der Waals surface area contributed by atoms with Crippen LogP contribution in [-0.4, -0.2) is 13.6 Å².